The number of aryl methyl sites for hydroxylation is 1. The van der Waals surface area contributed by atoms with Gasteiger partial charge in [0, 0.05) is 42.4 Å². The number of likely N-dealkylation sites (tertiary alicyclic amines) is 1. The standard InChI is InChI=1S/C21H21N5O.ClH/c1-14-24-19-13-22-9-6-20(19)26(14)15-7-10-25(11-8-15)21(27)17-12-23-18-5-3-2-4-16(17)18;/h2-6,9,12-13,15,23H,7-8,10-11H2,1H3;1H. The van der Waals surface area contributed by atoms with Crippen LogP contribution in [0, 0.1) is 6.92 Å². The molecule has 0 saturated carbocycles. The van der Waals surface area contributed by atoms with Crippen LogP contribution in [0.15, 0.2) is 48.9 Å². The highest BCUT2D eigenvalue weighted by atomic mass is 35.5. The maximum atomic E-state index is 13.0. The van der Waals surface area contributed by atoms with E-state index in [4.69, 9.17) is 0 Å². The highest BCUT2D eigenvalue weighted by Gasteiger charge is 2.27. The number of aromatic nitrogens is 4. The molecule has 4 aromatic rings. The highest BCUT2D eigenvalue weighted by Crippen LogP contribution is 2.29. The number of pyridine rings is 1. The molecule has 4 heterocycles. The number of imidazole rings is 1. The maximum Gasteiger partial charge on any atom is 0.256 e. The van der Waals surface area contributed by atoms with E-state index in [1.54, 1.807) is 0 Å². The molecule has 0 unspecified atom stereocenters. The number of piperidine rings is 1. The maximum absolute atomic E-state index is 13.0. The number of fused-ring (bicyclic) bond motifs is 2. The number of amides is 1. The summed E-state index contributed by atoms with van der Waals surface area (Å²) in [6, 6.07) is 10.3. The van der Waals surface area contributed by atoms with Gasteiger partial charge in [-0.15, -0.1) is 12.4 Å². The quantitative estimate of drug-likeness (QED) is 0.555. The monoisotopic (exact) mass is 395 g/mol. The second-order valence-corrected chi connectivity index (χ2v) is 7.16. The molecule has 1 aliphatic heterocycles. The predicted octanol–water partition coefficient (Wildman–Crippen LogP) is 4.12. The van der Waals surface area contributed by atoms with Crippen LogP contribution in [0.25, 0.3) is 21.9 Å². The lowest BCUT2D eigenvalue weighted by Gasteiger charge is -2.33. The van der Waals surface area contributed by atoms with Crippen molar-refractivity contribution in [1.29, 1.82) is 0 Å². The summed E-state index contributed by atoms with van der Waals surface area (Å²) in [5, 5.41) is 0.994. The Labute approximate surface area is 169 Å². The second kappa shape index (κ2) is 7.28. The Hall–Kier alpha value is -2.86. The predicted molar refractivity (Wildman–Crippen MR) is 112 cm³/mol. The Kier molecular flexibility index (Phi) is 4.81. The van der Waals surface area contributed by atoms with Gasteiger partial charge in [0.25, 0.3) is 5.91 Å². The van der Waals surface area contributed by atoms with Crippen molar-refractivity contribution in [3.8, 4) is 0 Å². The van der Waals surface area contributed by atoms with Crippen LogP contribution < -0.4 is 0 Å². The normalized spacial score (nSPS) is 15.1. The first-order valence-corrected chi connectivity index (χ1v) is 9.36. The number of halogens is 1. The smallest absolute Gasteiger partial charge is 0.256 e. The Bertz CT molecular complexity index is 1140. The lowest BCUT2D eigenvalue weighted by Crippen LogP contribution is -2.39. The molecule has 1 aliphatic rings. The highest BCUT2D eigenvalue weighted by molar-refractivity contribution is 6.06. The minimum atomic E-state index is 0. The van der Waals surface area contributed by atoms with Gasteiger partial charge in [-0.05, 0) is 31.9 Å². The molecule has 6 nitrogen and oxygen atoms in total. The summed E-state index contributed by atoms with van der Waals surface area (Å²) in [6.45, 7) is 3.56. The summed E-state index contributed by atoms with van der Waals surface area (Å²) in [5.74, 6) is 1.13. The van der Waals surface area contributed by atoms with Crippen LogP contribution in [-0.2, 0) is 0 Å². The van der Waals surface area contributed by atoms with Gasteiger partial charge in [-0.25, -0.2) is 4.98 Å². The van der Waals surface area contributed by atoms with Crippen molar-refractivity contribution < 1.29 is 4.79 Å². The summed E-state index contributed by atoms with van der Waals surface area (Å²) in [5.41, 5.74) is 3.83. The minimum absolute atomic E-state index is 0. The SMILES string of the molecule is Cc1nc2cnccc2n1C1CCN(C(=O)c2c[nH]c3ccccc23)CC1.Cl. The molecule has 0 atom stereocenters. The van der Waals surface area contributed by atoms with Crippen molar-refractivity contribution in [2.24, 2.45) is 0 Å². The van der Waals surface area contributed by atoms with E-state index in [1.807, 2.05) is 60.7 Å². The average Bonchev–Trinajstić information content (AvgIpc) is 3.28. The van der Waals surface area contributed by atoms with Gasteiger partial charge in [0.1, 0.15) is 11.3 Å². The van der Waals surface area contributed by atoms with Gasteiger partial charge in [0.15, 0.2) is 0 Å². The van der Waals surface area contributed by atoms with Gasteiger partial charge in [-0.3, -0.25) is 9.78 Å². The molecule has 0 radical (unpaired) electrons. The largest absolute Gasteiger partial charge is 0.360 e. The van der Waals surface area contributed by atoms with Crippen LogP contribution in [-0.4, -0.2) is 43.4 Å². The fourth-order valence-electron chi connectivity index (χ4n) is 4.28. The number of carbonyl (C=O) groups excluding carboxylic acids is 1. The lowest BCUT2D eigenvalue weighted by atomic mass is 10.0. The number of hydrogen-bond donors (Lipinski definition) is 1. The summed E-state index contributed by atoms with van der Waals surface area (Å²) >= 11 is 0. The molecule has 1 saturated heterocycles. The zero-order valence-electron chi connectivity index (χ0n) is 15.6. The van der Waals surface area contributed by atoms with Crippen molar-refractivity contribution in [3.63, 3.8) is 0 Å². The molecule has 3 aromatic heterocycles. The topological polar surface area (TPSA) is 66.8 Å². The van der Waals surface area contributed by atoms with Gasteiger partial charge >= 0.3 is 0 Å². The van der Waals surface area contributed by atoms with Crippen LogP contribution in [0.2, 0.25) is 0 Å². The van der Waals surface area contributed by atoms with Crippen LogP contribution in [0.5, 0.6) is 0 Å². The van der Waals surface area contributed by atoms with E-state index in [-0.39, 0.29) is 18.3 Å². The number of aromatic amines is 1. The number of para-hydroxylation sites is 1. The molecular weight excluding hydrogens is 374 g/mol. The number of nitrogens with one attached hydrogen (secondary N) is 1. The molecule has 0 aliphatic carbocycles. The number of rotatable bonds is 2. The molecule has 5 rings (SSSR count). The van der Waals surface area contributed by atoms with Gasteiger partial charge in [0.05, 0.1) is 17.3 Å². The first-order valence-electron chi connectivity index (χ1n) is 9.36. The van der Waals surface area contributed by atoms with Crippen molar-refractivity contribution in [2.75, 3.05) is 13.1 Å². The number of hydrogen-bond acceptors (Lipinski definition) is 3. The van der Waals surface area contributed by atoms with Crippen LogP contribution in [0.3, 0.4) is 0 Å². The Morgan fingerprint density at radius 1 is 1.18 bits per heavy atom. The molecule has 28 heavy (non-hydrogen) atoms. The third-order valence-electron chi connectivity index (χ3n) is 5.60. The van der Waals surface area contributed by atoms with E-state index in [2.05, 4.69) is 19.5 Å². The number of carbonyl (C=O) groups is 1. The molecule has 144 valence electrons. The van der Waals surface area contributed by atoms with Crippen molar-refractivity contribution in [3.05, 3.63) is 60.3 Å². The zero-order valence-corrected chi connectivity index (χ0v) is 16.4. The number of benzene rings is 1. The van der Waals surface area contributed by atoms with E-state index in [1.165, 1.54) is 0 Å². The first-order chi connectivity index (χ1) is 13.2. The Morgan fingerprint density at radius 3 is 2.79 bits per heavy atom. The van der Waals surface area contributed by atoms with Crippen molar-refractivity contribution in [2.45, 2.75) is 25.8 Å². The van der Waals surface area contributed by atoms with Gasteiger partial charge in [-0.1, -0.05) is 18.2 Å². The van der Waals surface area contributed by atoms with E-state index >= 15 is 0 Å². The van der Waals surface area contributed by atoms with Crippen molar-refractivity contribution in [1.82, 2.24) is 24.4 Å². The minimum Gasteiger partial charge on any atom is -0.360 e. The summed E-state index contributed by atoms with van der Waals surface area (Å²) in [7, 11) is 0. The van der Waals surface area contributed by atoms with Gasteiger partial charge < -0.3 is 14.5 Å². The average molecular weight is 396 g/mol. The van der Waals surface area contributed by atoms with Crippen LogP contribution in [0.1, 0.15) is 35.1 Å². The number of H-pyrrole nitrogens is 1. The first kappa shape index (κ1) is 18.5. The molecule has 1 N–H and O–H groups in total. The molecule has 0 bridgehead atoms. The van der Waals surface area contributed by atoms with Gasteiger partial charge in [0.2, 0.25) is 0 Å². The fourth-order valence-corrected chi connectivity index (χ4v) is 4.28. The van der Waals surface area contributed by atoms with Crippen LogP contribution in [0.4, 0.5) is 0 Å². The van der Waals surface area contributed by atoms with E-state index < -0.39 is 0 Å². The fraction of sp³-hybridized carbons (Fsp3) is 0.286. The molecule has 7 heteroatoms. The third-order valence-corrected chi connectivity index (χ3v) is 5.60. The molecule has 1 aromatic carbocycles. The van der Waals surface area contributed by atoms with E-state index in [0.29, 0.717) is 6.04 Å². The molecule has 1 amide bonds. The molecule has 1 fully saturated rings. The van der Waals surface area contributed by atoms with E-state index in [9.17, 15) is 4.79 Å². The molecule has 0 spiro atoms. The Morgan fingerprint density at radius 2 is 1.96 bits per heavy atom. The lowest BCUT2D eigenvalue weighted by molar-refractivity contribution is 0.0697. The summed E-state index contributed by atoms with van der Waals surface area (Å²) in [4.78, 5) is 27.0. The van der Waals surface area contributed by atoms with Crippen molar-refractivity contribution >= 4 is 40.3 Å². The summed E-state index contributed by atoms with van der Waals surface area (Å²) < 4.78 is 2.31. The molecular formula is C21H22ClN5O. The second-order valence-electron chi connectivity index (χ2n) is 7.16. The number of nitrogens with zero attached hydrogens (tertiary/aromatic N) is 4. The Balaban J connectivity index is 0.00000192. The van der Waals surface area contributed by atoms with Crippen LogP contribution >= 0.6 is 12.4 Å². The van der Waals surface area contributed by atoms with E-state index in [0.717, 1.165) is 59.3 Å². The van der Waals surface area contributed by atoms with Gasteiger partial charge in [-0.2, -0.15) is 0 Å². The zero-order chi connectivity index (χ0) is 18.4. The third kappa shape index (κ3) is 2.94. The summed E-state index contributed by atoms with van der Waals surface area (Å²) in [6.07, 6.45) is 7.33.